The van der Waals surface area contributed by atoms with Crippen LogP contribution in [0.1, 0.15) is 44.2 Å². The molecule has 3 rings (SSSR count). The number of benzene rings is 1. The average molecular weight is 486 g/mol. The smallest absolute Gasteiger partial charge is 0.191 e. The molecule has 2 heterocycles. The Hall–Kier alpha value is -0.860. The van der Waals surface area contributed by atoms with Crippen LogP contribution in [0.5, 0.6) is 0 Å². The van der Waals surface area contributed by atoms with Gasteiger partial charge in [-0.25, -0.2) is 0 Å². The molecule has 6 heteroatoms. The summed E-state index contributed by atoms with van der Waals surface area (Å²) in [4.78, 5) is 7.01. The summed E-state index contributed by atoms with van der Waals surface area (Å²) in [7, 11) is 1.84. The first-order valence-electron chi connectivity index (χ1n) is 10.1. The van der Waals surface area contributed by atoms with E-state index in [0.717, 1.165) is 38.0 Å². The molecule has 0 aromatic heterocycles. The SMILES string of the molecule is CN=C(NCC1CCCO1)NCC(c1ccccc1)N1CCC(C)CC1.I. The standard InChI is InChI=1S/C21H34N4O.HI/c1-17-10-12-25(13-11-17)20(18-7-4-3-5-8-18)16-24-21(22-2)23-15-19-9-6-14-26-19;/h3-5,7-8,17,19-20H,6,9-16H2,1-2H3,(H2,22,23,24);1H. The van der Waals surface area contributed by atoms with Gasteiger partial charge in [-0.1, -0.05) is 37.3 Å². The first-order chi connectivity index (χ1) is 12.8. The van der Waals surface area contributed by atoms with E-state index in [0.29, 0.717) is 12.1 Å². The van der Waals surface area contributed by atoms with Gasteiger partial charge in [-0.15, -0.1) is 24.0 Å². The van der Waals surface area contributed by atoms with Gasteiger partial charge in [0.2, 0.25) is 0 Å². The quantitative estimate of drug-likeness (QED) is 0.368. The first-order valence-corrected chi connectivity index (χ1v) is 10.1. The number of piperidine rings is 1. The summed E-state index contributed by atoms with van der Waals surface area (Å²) in [6.45, 7) is 7.29. The molecule has 2 unspecified atom stereocenters. The first kappa shape index (κ1) is 22.4. The van der Waals surface area contributed by atoms with E-state index in [1.165, 1.54) is 37.9 Å². The summed E-state index contributed by atoms with van der Waals surface area (Å²) in [6.07, 6.45) is 5.21. The minimum absolute atomic E-state index is 0. The third-order valence-electron chi connectivity index (χ3n) is 5.65. The largest absolute Gasteiger partial charge is 0.376 e. The van der Waals surface area contributed by atoms with Gasteiger partial charge in [0.1, 0.15) is 0 Å². The van der Waals surface area contributed by atoms with Gasteiger partial charge in [-0.2, -0.15) is 0 Å². The van der Waals surface area contributed by atoms with Crippen LogP contribution in [0.15, 0.2) is 35.3 Å². The van der Waals surface area contributed by atoms with E-state index in [9.17, 15) is 0 Å². The molecular formula is C21H35IN4O. The lowest BCUT2D eigenvalue weighted by molar-refractivity contribution is 0.113. The summed E-state index contributed by atoms with van der Waals surface area (Å²) in [5.74, 6) is 1.71. The van der Waals surface area contributed by atoms with Gasteiger partial charge in [-0.05, 0) is 50.3 Å². The Kier molecular flexibility index (Phi) is 9.86. The van der Waals surface area contributed by atoms with E-state index in [1.807, 2.05) is 7.05 Å². The van der Waals surface area contributed by atoms with E-state index >= 15 is 0 Å². The molecule has 5 nitrogen and oxygen atoms in total. The molecule has 0 bridgehead atoms. The third-order valence-corrected chi connectivity index (χ3v) is 5.65. The Morgan fingerprint density at radius 3 is 2.56 bits per heavy atom. The van der Waals surface area contributed by atoms with Crippen LogP contribution in [0.25, 0.3) is 0 Å². The van der Waals surface area contributed by atoms with Gasteiger partial charge in [0, 0.05) is 26.7 Å². The number of rotatable bonds is 6. The highest BCUT2D eigenvalue weighted by molar-refractivity contribution is 14.0. The molecule has 2 fully saturated rings. The van der Waals surface area contributed by atoms with E-state index in [-0.39, 0.29) is 24.0 Å². The van der Waals surface area contributed by atoms with Crippen molar-refractivity contribution in [3.8, 4) is 0 Å². The minimum atomic E-state index is 0. The van der Waals surface area contributed by atoms with E-state index < -0.39 is 0 Å². The number of hydrogen-bond donors (Lipinski definition) is 2. The van der Waals surface area contributed by atoms with E-state index in [2.05, 4.69) is 57.8 Å². The molecule has 2 N–H and O–H groups in total. The zero-order valence-electron chi connectivity index (χ0n) is 16.7. The van der Waals surface area contributed by atoms with Crippen molar-refractivity contribution < 1.29 is 4.74 Å². The Labute approximate surface area is 181 Å². The highest BCUT2D eigenvalue weighted by Gasteiger charge is 2.25. The molecule has 152 valence electrons. The summed E-state index contributed by atoms with van der Waals surface area (Å²) in [5, 5.41) is 6.97. The van der Waals surface area contributed by atoms with Crippen molar-refractivity contribution in [2.75, 3.05) is 39.8 Å². The molecule has 0 amide bonds. The summed E-state index contributed by atoms with van der Waals surface area (Å²) in [6, 6.07) is 11.2. The van der Waals surface area contributed by atoms with Crippen LogP contribution in [0.4, 0.5) is 0 Å². The van der Waals surface area contributed by atoms with Crippen LogP contribution >= 0.6 is 24.0 Å². The summed E-state index contributed by atoms with van der Waals surface area (Å²) in [5.41, 5.74) is 1.38. The maximum Gasteiger partial charge on any atom is 0.191 e. The summed E-state index contributed by atoms with van der Waals surface area (Å²) < 4.78 is 5.69. The van der Waals surface area contributed by atoms with Gasteiger partial charge in [0.25, 0.3) is 0 Å². The van der Waals surface area contributed by atoms with Crippen molar-refractivity contribution in [2.45, 2.75) is 44.8 Å². The average Bonchev–Trinajstić information content (AvgIpc) is 3.20. The fourth-order valence-corrected chi connectivity index (χ4v) is 3.90. The molecule has 0 spiro atoms. The Morgan fingerprint density at radius 1 is 1.19 bits per heavy atom. The second kappa shape index (κ2) is 11.9. The van der Waals surface area contributed by atoms with Crippen molar-refractivity contribution >= 4 is 29.9 Å². The second-order valence-electron chi connectivity index (χ2n) is 7.61. The highest BCUT2D eigenvalue weighted by Crippen LogP contribution is 2.26. The van der Waals surface area contributed by atoms with E-state index in [4.69, 9.17) is 4.74 Å². The van der Waals surface area contributed by atoms with Crippen LogP contribution in [-0.4, -0.2) is 56.8 Å². The van der Waals surface area contributed by atoms with Crippen LogP contribution in [0, 0.1) is 5.92 Å². The lowest BCUT2D eigenvalue weighted by Crippen LogP contribution is -2.46. The summed E-state index contributed by atoms with van der Waals surface area (Å²) >= 11 is 0. The predicted molar refractivity (Wildman–Crippen MR) is 123 cm³/mol. The molecule has 27 heavy (non-hydrogen) atoms. The van der Waals surface area contributed by atoms with Gasteiger partial charge >= 0.3 is 0 Å². The highest BCUT2D eigenvalue weighted by atomic mass is 127. The van der Waals surface area contributed by atoms with Gasteiger partial charge in [-0.3, -0.25) is 9.89 Å². The maximum atomic E-state index is 5.69. The zero-order valence-corrected chi connectivity index (χ0v) is 19.0. The van der Waals surface area contributed by atoms with Gasteiger partial charge in [0.05, 0.1) is 12.1 Å². The lowest BCUT2D eigenvalue weighted by Gasteiger charge is -2.37. The number of aliphatic imine (C=N–C) groups is 1. The number of ether oxygens (including phenoxy) is 1. The molecule has 2 aliphatic heterocycles. The second-order valence-corrected chi connectivity index (χ2v) is 7.61. The van der Waals surface area contributed by atoms with Crippen molar-refractivity contribution in [1.82, 2.24) is 15.5 Å². The van der Waals surface area contributed by atoms with E-state index in [1.54, 1.807) is 0 Å². The molecule has 0 saturated carbocycles. The Balaban J connectivity index is 0.00000261. The van der Waals surface area contributed by atoms with Crippen molar-refractivity contribution in [3.63, 3.8) is 0 Å². The fourth-order valence-electron chi connectivity index (χ4n) is 3.90. The Morgan fingerprint density at radius 2 is 1.93 bits per heavy atom. The zero-order chi connectivity index (χ0) is 18.2. The van der Waals surface area contributed by atoms with Crippen LogP contribution in [-0.2, 0) is 4.74 Å². The molecule has 1 aromatic carbocycles. The number of guanidine groups is 1. The topological polar surface area (TPSA) is 48.9 Å². The molecule has 1 aromatic rings. The monoisotopic (exact) mass is 486 g/mol. The molecule has 2 aliphatic rings. The number of nitrogens with zero attached hydrogens (tertiary/aromatic N) is 2. The van der Waals surface area contributed by atoms with Crippen LogP contribution in [0.3, 0.4) is 0 Å². The van der Waals surface area contributed by atoms with Crippen molar-refractivity contribution in [3.05, 3.63) is 35.9 Å². The van der Waals surface area contributed by atoms with Crippen LogP contribution in [0.2, 0.25) is 0 Å². The normalized spacial score (nSPS) is 22.9. The number of nitrogens with one attached hydrogen (secondary N) is 2. The number of hydrogen-bond acceptors (Lipinski definition) is 3. The van der Waals surface area contributed by atoms with Crippen molar-refractivity contribution in [2.24, 2.45) is 10.9 Å². The fraction of sp³-hybridized carbons (Fsp3) is 0.667. The maximum absolute atomic E-state index is 5.69. The lowest BCUT2D eigenvalue weighted by atomic mass is 9.95. The van der Waals surface area contributed by atoms with Crippen LogP contribution < -0.4 is 10.6 Å². The Bertz CT molecular complexity index is 555. The minimum Gasteiger partial charge on any atom is -0.376 e. The molecular weight excluding hydrogens is 451 g/mol. The van der Waals surface area contributed by atoms with Gasteiger partial charge in [0.15, 0.2) is 5.96 Å². The predicted octanol–water partition coefficient (Wildman–Crippen LogP) is 3.42. The number of halogens is 1. The number of likely N-dealkylation sites (tertiary alicyclic amines) is 1. The molecule has 0 radical (unpaired) electrons. The molecule has 2 atom stereocenters. The molecule has 0 aliphatic carbocycles. The van der Waals surface area contributed by atoms with Crippen molar-refractivity contribution in [1.29, 1.82) is 0 Å². The third kappa shape index (κ3) is 6.91. The van der Waals surface area contributed by atoms with Gasteiger partial charge < -0.3 is 15.4 Å². The molecule has 2 saturated heterocycles.